The lowest BCUT2D eigenvalue weighted by atomic mass is 10.1. The fraction of sp³-hybridized carbons (Fsp3) is 0.381. The summed E-state index contributed by atoms with van der Waals surface area (Å²) < 4.78 is 0. The summed E-state index contributed by atoms with van der Waals surface area (Å²) in [6.07, 6.45) is 3.98. The summed E-state index contributed by atoms with van der Waals surface area (Å²) in [6, 6.07) is 8.89. The molecule has 1 heterocycles. The van der Waals surface area contributed by atoms with Crippen molar-refractivity contribution in [3.05, 3.63) is 58.9 Å². The highest BCUT2D eigenvalue weighted by Gasteiger charge is 2.34. The van der Waals surface area contributed by atoms with Crippen molar-refractivity contribution in [1.82, 2.24) is 15.6 Å². The molecule has 1 aliphatic carbocycles. The number of carbonyl (C=O) groups is 2. The number of benzene rings is 1. The molecule has 1 fully saturated rings. The molecule has 0 radical (unpaired) electrons. The molecule has 1 aromatic carbocycles. The second-order valence-corrected chi connectivity index (χ2v) is 7.06. The highest BCUT2D eigenvalue weighted by atomic mass is 16.2. The predicted octanol–water partition coefficient (Wildman–Crippen LogP) is 3.72. The van der Waals surface area contributed by atoms with E-state index in [4.69, 9.17) is 0 Å². The van der Waals surface area contributed by atoms with Crippen LogP contribution in [-0.4, -0.2) is 23.5 Å². The van der Waals surface area contributed by atoms with E-state index in [1.54, 1.807) is 24.4 Å². The molecule has 0 saturated heterocycles. The van der Waals surface area contributed by atoms with E-state index in [1.165, 1.54) is 0 Å². The van der Waals surface area contributed by atoms with Crippen LogP contribution in [0.5, 0.6) is 0 Å². The van der Waals surface area contributed by atoms with E-state index in [1.807, 2.05) is 32.9 Å². The molecular formula is C21H26N4O2. The van der Waals surface area contributed by atoms with Gasteiger partial charge in [0.15, 0.2) is 0 Å². The second-order valence-electron chi connectivity index (χ2n) is 7.06. The summed E-state index contributed by atoms with van der Waals surface area (Å²) in [7, 11) is 0. The number of aromatic nitrogens is 1. The third kappa shape index (κ3) is 4.84. The van der Waals surface area contributed by atoms with Crippen molar-refractivity contribution in [2.45, 2.75) is 39.7 Å². The monoisotopic (exact) mass is 366 g/mol. The van der Waals surface area contributed by atoms with Crippen molar-refractivity contribution in [2.75, 3.05) is 11.9 Å². The van der Waals surface area contributed by atoms with Crippen molar-refractivity contribution in [1.29, 1.82) is 0 Å². The normalized spacial score (nSPS) is 14.3. The highest BCUT2D eigenvalue weighted by molar-refractivity contribution is 5.96. The van der Waals surface area contributed by atoms with Gasteiger partial charge in [0.05, 0.1) is 11.7 Å². The standard InChI is InChI=1S/C21H26N4O2/c1-4-22-20(26)16-7-8-17(14(3)12-16)24-21(27)25-19(15-5-6-15)18-11-13(2)9-10-23-18/h7-12,15,19H,4-6H2,1-3H3,(H,22,26)(H2,24,25,27). The van der Waals surface area contributed by atoms with Crippen LogP contribution in [0, 0.1) is 19.8 Å². The molecule has 1 aliphatic rings. The van der Waals surface area contributed by atoms with E-state index in [-0.39, 0.29) is 18.0 Å². The van der Waals surface area contributed by atoms with Gasteiger partial charge in [0.25, 0.3) is 5.91 Å². The fourth-order valence-corrected chi connectivity index (χ4v) is 3.10. The van der Waals surface area contributed by atoms with E-state index < -0.39 is 0 Å². The third-order valence-corrected chi connectivity index (χ3v) is 4.71. The smallest absolute Gasteiger partial charge is 0.319 e. The highest BCUT2D eigenvalue weighted by Crippen LogP contribution is 2.40. The van der Waals surface area contributed by atoms with Crippen LogP contribution in [0.2, 0.25) is 0 Å². The van der Waals surface area contributed by atoms with Gasteiger partial charge in [0.1, 0.15) is 0 Å². The van der Waals surface area contributed by atoms with Gasteiger partial charge in [-0.15, -0.1) is 0 Å². The summed E-state index contributed by atoms with van der Waals surface area (Å²) in [5.41, 5.74) is 4.14. The molecule has 3 amide bonds. The topological polar surface area (TPSA) is 83.1 Å². The SMILES string of the molecule is CCNC(=O)c1ccc(NC(=O)NC(c2cc(C)ccn2)C2CC2)c(C)c1. The molecule has 1 atom stereocenters. The zero-order valence-electron chi connectivity index (χ0n) is 16.0. The number of hydrogen-bond donors (Lipinski definition) is 3. The number of anilines is 1. The van der Waals surface area contributed by atoms with Crippen molar-refractivity contribution < 1.29 is 9.59 Å². The van der Waals surface area contributed by atoms with Gasteiger partial charge in [-0.1, -0.05) is 0 Å². The number of amides is 3. The molecule has 0 aliphatic heterocycles. The predicted molar refractivity (Wildman–Crippen MR) is 106 cm³/mol. The molecular weight excluding hydrogens is 340 g/mol. The third-order valence-electron chi connectivity index (χ3n) is 4.71. The summed E-state index contributed by atoms with van der Waals surface area (Å²) >= 11 is 0. The van der Waals surface area contributed by atoms with E-state index in [0.717, 1.165) is 29.7 Å². The fourth-order valence-electron chi connectivity index (χ4n) is 3.10. The summed E-state index contributed by atoms with van der Waals surface area (Å²) in [4.78, 5) is 28.9. The molecule has 3 rings (SSSR count). The number of carbonyl (C=O) groups excluding carboxylic acids is 2. The molecule has 6 heteroatoms. The summed E-state index contributed by atoms with van der Waals surface area (Å²) in [6.45, 7) is 6.36. The van der Waals surface area contributed by atoms with Crippen molar-refractivity contribution >= 4 is 17.6 Å². The number of nitrogens with zero attached hydrogens (tertiary/aromatic N) is 1. The molecule has 1 saturated carbocycles. The van der Waals surface area contributed by atoms with E-state index in [9.17, 15) is 9.59 Å². The number of rotatable bonds is 6. The number of nitrogens with one attached hydrogen (secondary N) is 3. The van der Waals surface area contributed by atoms with Gasteiger partial charge < -0.3 is 16.0 Å². The molecule has 1 aromatic heterocycles. The van der Waals surface area contributed by atoms with Gasteiger partial charge in [-0.3, -0.25) is 9.78 Å². The minimum atomic E-state index is -0.260. The molecule has 0 spiro atoms. The Bertz CT molecular complexity index is 846. The van der Waals surface area contributed by atoms with Gasteiger partial charge in [-0.2, -0.15) is 0 Å². The Morgan fingerprint density at radius 2 is 1.96 bits per heavy atom. The molecule has 27 heavy (non-hydrogen) atoms. The van der Waals surface area contributed by atoms with Gasteiger partial charge in [-0.05, 0) is 81.0 Å². The maximum absolute atomic E-state index is 12.6. The molecule has 6 nitrogen and oxygen atoms in total. The van der Waals surface area contributed by atoms with Crippen LogP contribution in [-0.2, 0) is 0 Å². The zero-order chi connectivity index (χ0) is 19.4. The van der Waals surface area contributed by atoms with Crippen LogP contribution in [0.25, 0.3) is 0 Å². The number of pyridine rings is 1. The van der Waals surface area contributed by atoms with Crippen LogP contribution in [0.3, 0.4) is 0 Å². The Balaban J connectivity index is 1.68. The second kappa shape index (κ2) is 8.20. The quantitative estimate of drug-likeness (QED) is 0.728. The van der Waals surface area contributed by atoms with Crippen LogP contribution >= 0.6 is 0 Å². The average molecular weight is 366 g/mol. The zero-order valence-corrected chi connectivity index (χ0v) is 16.0. The first kappa shape index (κ1) is 18.9. The number of hydrogen-bond acceptors (Lipinski definition) is 3. The van der Waals surface area contributed by atoms with Crippen molar-refractivity contribution in [3.8, 4) is 0 Å². The first-order chi connectivity index (χ1) is 13.0. The lowest BCUT2D eigenvalue weighted by Crippen LogP contribution is -2.34. The summed E-state index contributed by atoms with van der Waals surface area (Å²) in [5, 5.41) is 8.73. The first-order valence-electron chi connectivity index (χ1n) is 9.37. The summed E-state index contributed by atoms with van der Waals surface area (Å²) in [5.74, 6) is 0.321. The maximum Gasteiger partial charge on any atom is 0.319 e. The Morgan fingerprint density at radius 1 is 1.19 bits per heavy atom. The average Bonchev–Trinajstić information content (AvgIpc) is 3.46. The van der Waals surface area contributed by atoms with E-state index >= 15 is 0 Å². The van der Waals surface area contributed by atoms with Gasteiger partial charge in [0.2, 0.25) is 0 Å². The van der Waals surface area contributed by atoms with Crippen molar-refractivity contribution in [2.24, 2.45) is 5.92 Å². The van der Waals surface area contributed by atoms with Crippen LogP contribution < -0.4 is 16.0 Å². The Hall–Kier alpha value is -2.89. The Morgan fingerprint density at radius 3 is 2.59 bits per heavy atom. The Kier molecular flexibility index (Phi) is 5.74. The molecule has 1 unspecified atom stereocenters. The minimum Gasteiger partial charge on any atom is -0.352 e. The van der Waals surface area contributed by atoms with E-state index in [2.05, 4.69) is 20.9 Å². The van der Waals surface area contributed by atoms with Gasteiger partial charge in [-0.25, -0.2) is 4.79 Å². The van der Waals surface area contributed by atoms with Crippen LogP contribution in [0.1, 0.15) is 53.0 Å². The Labute approximate surface area is 159 Å². The molecule has 142 valence electrons. The van der Waals surface area contributed by atoms with E-state index in [0.29, 0.717) is 23.7 Å². The number of aryl methyl sites for hydroxylation is 2. The van der Waals surface area contributed by atoms with Gasteiger partial charge in [0, 0.05) is 24.0 Å². The molecule has 3 N–H and O–H groups in total. The molecule has 2 aromatic rings. The number of urea groups is 1. The minimum absolute atomic E-state index is 0.0835. The largest absolute Gasteiger partial charge is 0.352 e. The first-order valence-corrected chi connectivity index (χ1v) is 9.37. The van der Waals surface area contributed by atoms with Gasteiger partial charge >= 0.3 is 6.03 Å². The maximum atomic E-state index is 12.6. The van der Waals surface area contributed by atoms with Crippen LogP contribution in [0.15, 0.2) is 36.5 Å². The lowest BCUT2D eigenvalue weighted by molar-refractivity contribution is 0.0955. The van der Waals surface area contributed by atoms with Crippen LogP contribution in [0.4, 0.5) is 10.5 Å². The molecule has 0 bridgehead atoms. The lowest BCUT2D eigenvalue weighted by Gasteiger charge is -2.19. The van der Waals surface area contributed by atoms with Crippen molar-refractivity contribution in [3.63, 3.8) is 0 Å².